The molecular weight excluding hydrogens is 180 g/mol. The Kier molecular flexibility index (Phi) is 3.42. The molecule has 0 aromatic heterocycles. The summed E-state index contributed by atoms with van der Waals surface area (Å²) in [6, 6.07) is 0. The lowest BCUT2D eigenvalue weighted by molar-refractivity contribution is -0.204. The van der Waals surface area contributed by atoms with E-state index >= 15 is 0 Å². The topological polar surface area (TPSA) is 38.7 Å². The van der Waals surface area contributed by atoms with Crippen molar-refractivity contribution in [2.45, 2.75) is 63.4 Å². The van der Waals surface area contributed by atoms with Crippen molar-refractivity contribution in [1.82, 2.24) is 0 Å². The maximum atomic E-state index is 9.48. The summed E-state index contributed by atoms with van der Waals surface area (Å²) in [5.74, 6) is 0. The molecule has 0 radical (unpaired) electrons. The highest BCUT2D eigenvalue weighted by molar-refractivity contribution is 4.93. The Hall–Kier alpha value is -0.120. The summed E-state index contributed by atoms with van der Waals surface area (Å²) in [6.45, 7) is 2.62. The van der Waals surface area contributed by atoms with E-state index in [1.807, 2.05) is 6.92 Å². The predicted molar refractivity (Wildman–Crippen MR) is 53.2 cm³/mol. The molecule has 82 valence electrons. The highest BCUT2D eigenvalue weighted by Crippen LogP contribution is 2.32. The molecule has 0 saturated heterocycles. The summed E-state index contributed by atoms with van der Waals surface area (Å²) in [6.07, 6.45) is 5.90. The molecule has 0 heterocycles. The first-order valence-electron chi connectivity index (χ1n) is 5.76. The van der Waals surface area contributed by atoms with Crippen molar-refractivity contribution in [1.29, 1.82) is 0 Å². The minimum absolute atomic E-state index is 0.0689. The van der Waals surface area contributed by atoms with Crippen LogP contribution in [0.5, 0.6) is 0 Å². The second kappa shape index (κ2) is 4.60. The SMILES string of the molecule is CCOC1C(O)CC1OC1CCCC1. The van der Waals surface area contributed by atoms with Crippen LogP contribution < -0.4 is 0 Å². The largest absolute Gasteiger partial charge is 0.390 e. The number of hydrogen-bond donors (Lipinski definition) is 1. The molecule has 0 aliphatic heterocycles. The van der Waals surface area contributed by atoms with Crippen LogP contribution in [0.2, 0.25) is 0 Å². The van der Waals surface area contributed by atoms with Gasteiger partial charge in [-0.1, -0.05) is 12.8 Å². The molecule has 3 heteroatoms. The van der Waals surface area contributed by atoms with E-state index in [1.54, 1.807) is 0 Å². The maximum absolute atomic E-state index is 9.48. The molecule has 3 atom stereocenters. The van der Waals surface area contributed by atoms with Crippen molar-refractivity contribution >= 4 is 0 Å². The summed E-state index contributed by atoms with van der Waals surface area (Å²) in [5, 5.41) is 9.48. The van der Waals surface area contributed by atoms with E-state index in [9.17, 15) is 5.11 Å². The molecule has 0 aromatic rings. The summed E-state index contributed by atoms with van der Waals surface area (Å²) in [7, 11) is 0. The van der Waals surface area contributed by atoms with Crippen molar-refractivity contribution in [2.24, 2.45) is 0 Å². The maximum Gasteiger partial charge on any atom is 0.110 e. The first kappa shape index (κ1) is 10.4. The van der Waals surface area contributed by atoms with E-state index < -0.39 is 0 Å². The summed E-state index contributed by atoms with van der Waals surface area (Å²) in [5.41, 5.74) is 0. The highest BCUT2D eigenvalue weighted by atomic mass is 16.6. The van der Waals surface area contributed by atoms with Crippen molar-refractivity contribution in [3.05, 3.63) is 0 Å². The lowest BCUT2D eigenvalue weighted by Gasteiger charge is -2.41. The van der Waals surface area contributed by atoms with E-state index in [0.717, 1.165) is 6.42 Å². The zero-order valence-electron chi connectivity index (χ0n) is 8.82. The molecule has 2 aliphatic carbocycles. The van der Waals surface area contributed by atoms with Crippen LogP contribution in [0.1, 0.15) is 39.0 Å². The van der Waals surface area contributed by atoms with E-state index in [4.69, 9.17) is 9.47 Å². The Morgan fingerprint density at radius 3 is 2.57 bits per heavy atom. The Morgan fingerprint density at radius 2 is 2.00 bits per heavy atom. The van der Waals surface area contributed by atoms with Crippen LogP contribution in [0, 0.1) is 0 Å². The Morgan fingerprint density at radius 1 is 1.29 bits per heavy atom. The molecule has 0 bridgehead atoms. The zero-order valence-corrected chi connectivity index (χ0v) is 8.82. The molecule has 2 aliphatic rings. The minimum Gasteiger partial charge on any atom is -0.390 e. The summed E-state index contributed by atoms with van der Waals surface area (Å²) < 4.78 is 11.3. The lowest BCUT2D eigenvalue weighted by atomic mass is 9.88. The summed E-state index contributed by atoms with van der Waals surface area (Å²) in [4.78, 5) is 0. The van der Waals surface area contributed by atoms with Crippen LogP contribution in [0.15, 0.2) is 0 Å². The number of ether oxygens (including phenoxy) is 2. The van der Waals surface area contributed by atoms with Gasteiger partial charge in [0, 0.05) is 13.0 Å². The molecule has 1 N–H and O–H groups in total. The molecule has 2 saturated carbocycles. The standard InChI is InChI=1S/C11H20O3/c1-2-13-11-9(12)7-10(11)14-8-5-3-4-6-8/h8-12H,2-7H2,1H3. The Labute approximate surface area is 85.4 Å². The first-order valence-corrected chi connectivity index (χ1v) is 5.76. The van der Waals surface area contributed by atoms with Crippen LogP contribution in [-0.2, 0) is 9.47 Å². The molecular formula is C11H20O3. The molecule has 0 aromatic carbocycles. The third-order valence-electron chi connectivity index (χ3n) is 3.25. The summed E-state index contributed by atoms with van der Waals surface area (Å²) >= 11 is 0. The zero-order chi connectivity index (χ0) is 9.97. The second-order valence-electron chi connectivity index (χ2n) is 4.30. The van der Waals surface area contributed by atoms with E-state index in [2.05, 4.69) is 0 Å². The predicted octanol–water partition coefficient (Wildman–Crippen LogP) is 1.48. The average molecular weight is 200 g/mol. The number of aliphatic hydroxyl groups is 1. The number of aliphatic hydroxyl groups excluding tert-OH is 1. The third-order valence-corrected chi connectivity index (χ3v) is 3.25. The molecule has 0 spiro atoms. The molecule has 14 heavy (non-hydrogen) atoms. The van der Waals surface area contributed by atoms with Gasteiger partial charge < -0.3 is 14.6 Å². The van der Waals surface area contributed by atoms with Gasteiger partial charge in [-0.15, -0.1) is 0 Å². The quantitative estimate of drug-likeness (QED) is 0.747. The fourth-order valence-corrected chi connectivity index (χ4v) is 2.37. The van der Waals surface area contributed by atoms with Gasteiger partial charge in [-0.3, -0.25) is 0 Å². The minimum atomic E-state index is -0.304. The molecule has 0 amide bonds. The fourth-order valence-electron chi connectivity index (χ4n) is 2.37. The normalized spacial score (nSPS) is 38.6. The van der Waals surface area contributed by atoms with Crippen LogP contribution >= 0.6 is 0 Å². The monoisotopic (exact) mass is 200 g/mol. The third kappa shape index (κ3) is 2.10. The molecule has 2 fully saturated rings. The molecule has 3 unspecified atom stereocenters. The van der Waals surface area contributed by atoms with Gasteiger partial charge in [-0.05, 0) is 19.8 Å². The van der Waals surface area contributed by atoms with Crippen LogP contribution in [0.3, 0.4) is 0 Å². The number of rotatable bonds is 4. The van der Waals surface area contributed by atoms with Crippen molar-refractivity contribution in [3.63, 3.8) is 0 Å². The van der Waals surface area contributed by atoms with E-state index in [1.165, 1.54) is 25.7 Å². The van der Waals surface area contributed by atoms with Crippen molar-refractivity contribution in [2.75, 3.05) is 6.61 Å². The number of hydrogen-bond acceptors (Lipinski definition) is 3. The van der Waals surface area contributed by atoms with Gasteiger partial charge in [0.1, 0.15) is 6.10 Å². The van der Waals surface area contributed by atoms with Crippen molar-refractivity contribution in [3.8, 4) is 0 Å². The van der Waals surface area contributed by atoms with Crippen LogP contribution in [-0.4, -0.2) is 36.1 Å². The van der Waals surface area contributed by atoms with Gasteiger partial charge in [0.05, 0.1) is 18.3 Å². The highest BCUT2D eigenvalue weighted by Gasteiger charge is 2.42. The smallest absolute Gasteiger partial charge is 0.110 e. The van der Waals surface area contributed by atoms with Gasteiger partial charge in [-0.2, -0.15) is 0 Å². The van der Waals surface area contributed by atoms with Gasteiger partial charge in [-0.25, -0.2) is 0 Å². The van der Waals surface area contributed by atoms with Gasteiger partial charge >= 0.3 is 0 Å². The molecule has 2 rings (SSSR count). The Balaban J connectivity index is 1.75. The molecule has 3 nitrogen and oxygen atoms in total. The Bertz CT molecular complexity index is 177. The second-order valence-corrected chi connectivity index (χ2v) is 4.30. The average Bonchev–Trinajstić information content (AvgIpc) is 2.66. The van der Waals surface area contributed by atoms with Crippen molar-refractivity contribution < 1.29 is 14.6 Å². The fraction of sp³-hybridized carbons (Fsp3) is 1.00. The first-order chi connectivity index (χ1) is 6.81. The van der Waals surface area contributed by atoms with E-state index in [0.29, 0.717) is 12.7 Å². The van der Waals surface area contributed by atoms with Crippen LogP contribution in [0.4, 0.5) is 0 Å². The lowest BCUT2D eigenvalue weighted by Crippen LogP contribution is -2.54. The van der Waals surface area contributed by atoms with Gasteiger partial charge in [0.2, 0.25) is 0 Å². The van der Waals surface area contributed by atoms with Gasteiger partial charge in [0.25, 0.3) is 0 Å². The van der Waals surface area contributed by atoms with E-state index in [-0.39, 0.29) is 18.3 Å². The van der Waals surface area contributed by atoms with Crippen LogP contribution in [0.25, 0.3) is 0 Å². The van der Waals surface area contributed by atoms with Gasteiger partial charge in [0.15, 0.2) is 0 Å².